The predicted octanol–water partition coefficient (Wildman–Crippen LogP) is 5.98. The molecule has 12 nitrogen and oxygen atoms in total. The SMILES string of the molecule is CCCCCC(=O)O[C@@H](C(=O)O[C@H]1C[C@@]2(O)C(C)C3[C@]4(C)CO[C@@H]4C[C@H](O)[C@@]3(C)C(=O)[C@H](OC(C)=O)C(=C1C)C2(C)C)[C@@H](NC(=O)c1ccccc1)c1ccccc1. The number of benzene rings is 2. The van der Waals surface area contributed by atoms with E-state index in [-0.39, 0.29) is 30.9 Å². The van der Waals surface area contributed by atoms with Gasteiger partial charge >= 0.3 is 17.9 Å². The van der Waals surface area contributed by atoms with Crippen molar-refractivity contribution < 1.29 is 53.1 Å². The molecule has 0 spiro atoms. The van der Waals surface area contributed by atoms with Crippen molar-refractivity contribution in [2.24, 2.45) is 28.1 Å². The molecule has 1 amide bonds. The Hall–Kier alpha value is -4.39. The molecule has 11 atom stereocenters. The molecule has 3 fully saturated rings. The first-order valence-electron chi connectivity index (χ1n) is 20.6. The summed E-state index contributed by atoms with van der Waals surface area (Å²) in [5, 5.41) is 28.0. The van der Waals surface area contributed by atoms with Crippen LogP contribution in [0.3, 0.4) is 0 Å². The second-order valence-electron chi connectivity index (χ2n) is 17.8. The quantitative estimate of drug-likeness (QED) is 0.0997. The van der Waals surface area contributed by atoms with Crippen molar-refractivity contribution in [2.45, 2.75) is 136 Å². The highest BCUT2D eigenvalue weighted by molar-refractivity contribution is 5.96. The van der Waals surface area contributed by atoms with Gasteiger partial charge in [0.1, 0.15) is 12.1 Å². The molecule has 1 heterocycles. The van der Waals surface area contributed by atoms with Crippen molar-refractivity contribution >= 4 is 29.6 Å². The molecule has 2 aromatic rings. The third-order valence-electron chi connectivity index (χ3n) is 14.1. The summed E-state index contributed by atoms with van der Waals surface area (Å²) in [6, 6.07) is 16.0. The van der Waals surface area contributed by atoms with Gasteiger partial charge in [0.05, 0.1) is 29.8 Å². The van der Waals surface area contributed by atoms with Gasteiger partial charge in [-0.3, -0.25) is 19.2 Å². The minimum atomic E-state index is -1.70. The average Bonchev–Trinajstić information content (AvgIpc) is 3.18. The maximum absolute atomic E-state index is 15.1. The Morgan fingerprint density at radius 1 is 0.966 bits per heavy atom. The Morgan fingerprint density at radius 2 is 1.60 bits per heavy atom. The number of carbonyl (C=O) groups excluding carboxylic acids is 5. The van der Waals surface area contributed by atoms with E-state index < -0.39 is 93.7 Å². The number of Topliss-reactive ketones (excluding diaryl/α,β-unsaturated/α-hetero) is 1. The number of esters is 3. The Morgan fingerprint density at radius 3 is 2.19 bits per heavy atom. The minimum absolute atomic E-state index is 0.0331. The van der Waals surface area contributed by atoms with Crippen LogP contribution in [0.15, 0.2) is 71.8 Å². The van der Waals surface area contributed by atoms with Crippen LogP contribution < -0.4 is 5.32 Å². The summed E-state index contributed by atoms with van der Waals surface area (Å²) >= 11 is 0. The van der Waals surface area contributed by atoms with Crippen molar-refractivity contribution in [3.05, 3.63) is 82.9 Å². The van der Waals surface area contributed by atoms with Gasteiger partial charge in [-0.25, -0.2) is 4.79 Å². The second-order valence-corrected chi connectivity index (χ2v) is 17.8. The zero-order valence-corrected chi connectivity index (χ0v) is 34.9. The molecule has 1 saturated heterocycles. The molecule has 1 aliphatic heterocycles. The van der Waals surface area contributed by atoms with Crippen molar-refractivity contribution in [3.8, 4) is 0 Å². The maximum atomic E-state index is 15.1. The summed E-state index contributed by atoms with van der Waals surface area (Å²) in [6.45, 7) is 14.4. The van der Waals surface area contributed by atoms with E-state index in [0.29, 0.717) is 29.7 Å². The molecule has 0 aromatic heterocycles. The van der Waals surface area contributed by atoms with Crippen LogP contribution in [0.25, 0.3) is 0 Å². The molecule has 0 radical (unpaired) electrons. The largest absolute Gasteiger partial charge is 0.455 e. The molecule has 3 N–H and O–H groups in total. The highest BCUT2D eigenvalue weighted by Gasteiger charge is 2.73. The number of hydrogen-bond donors (Lipinski definition) is 3. The lowest BCUT2D eigenvalue weighted by molar-refractivity contribution is -0.302. The van der Waals surface area contributed by atoms with Crippen molar-refractivity contribution in [2.75, 3.05) is 6.61 Å². The number of aliphatic hydroxyl groups is 2. The van der Waals surface area contributed by atoms with Crippen LogP contribution in [-0.4, -0.2) is 82.5 Å². The first-order valence-corrected chi connectivity index (χ1v) is 20.6. The summed E-state index contributed by atoms with van der Waals surface area (Å²) in [4.78, 5) is 70.0. The highest BCUT2D eigenvalue weighted by Crippen LogP contribution is 2.67. The van der Waals surface area contributed by atoms with Gasteiger partial charge in [0.2, 0.25) is 6.10 Å². The van der Waals surface area contributed by atoms with E-state index in [4.69, 9.17) is 18.9 Å². The smallest absolute Gasteiger partial charge is 0.350 e. The third-order valence-corrected chi connectivity index (χ3v) is 14.1. The third kappa shape index (κ3) is 7.30. The van der Waals surface area contributed by atoms with Gasteiger partial charge < -0.3 is 34.5 Å². The number of rotatable bonds is 12. The van der Waals surface area contributed by atoms with Gasteiger partial charge in [-0.05, 0) is 60.9 Å². The van der Waals surface area contributed by atoms with E-state index in [9.17, 15) is 29.4 Å². The highest BCUT2D eigenvalue weighted by atomic mass is 16.6. The van der Waals surface area contributed by atoms with Gasteiger partial charge in [0.25, 0.3) is 5.91 Å². The number of unbranched alkanes of at least 4 members (excludes halogenated alkanes) is 2. The fourth-order valence-corrected chi connectivity index (χ4v) is 10.8. The fraction of sp³-hybridized carbons (Fsp3) is 0.587. The molecular weight excluding hydrogens is 743 g/mol. The number of amides is 1. The van der Waals surface area contributed by atoms with Crippen molar-refractivity contribution in [1.82, 2.24) is 5.32 Å². The number of nitrogens with one attached hydrogen (secondary N) is 1. The van der Waals surface area contributed by atoms with Crippen LogP contribution >= 0.6 is 0 Å². The molecule has 2 bridgehead atoms. The van der Waals surface area contributed by atoms with Crippen LogP contribution in [0.5, 0.6) is 0 Å². The summed E-state index contributed by atoms with van der Waals surface area (Å²) in [6.07, 6.45) is -3.63. The van der Waals surface area contributed by atoms with Crippen LogP contribution in [0.4, 0.5) is 0 Å². The first-order chi connectivity index (χ1) is 27.3. The predicted molar refractivity (Wildman–Crippen MR) is 213 cm³/mol. The van der Waals surface area contributed by atoms with E-state index in [1.54, 1.807) is 88.4 Å². The minimum Gasteiger partial charge on any atom is -0.455 e. The Labute approximate surface area is 341 Å². The molecule has 6 rings (SSSR count). The number of hydrogen-bond acceptors (Lipinski definition) is 11. The molecule has 12 heteroatoms. The second kappa shape index (κ2) is 16.3. The molecule has 4 aliphatic rings. The number of ether oxygens (including phenoxy) is 4. The molecule has 58 heavy (non-hydrogen) atoms. The zero-order valence-electron chi connectivity index (χ0n) is 34.9. The van der Waals surface area contributed by atoms with Crippen LogP contribution in [-0.2, 0) is 38.1 Å². The van der Waals surface area contributed by atoms with Gasteiger partial charge in [0.15, 0.2) is 11.9 Å². The average molecular weight is 802 g/mol. The van der Waals surface area contributed by atoms with Crippen LogP contribution in [0.1, 0.15) is 116 Å². The van der Waals surface area contributed by atoms with Gasteiger partial charge in [0, 0.05) is 42.6 Å². The number of carbonyl (C=O) groups is 5. The lowest BCUT2D eigenvalue weighted by Crippen LogP contribution is -2.75. The molecule has 3 aliphatic carbocycles. The van der Waals surface area contributed by atoms with E-state index in [2.05, 4.69) is 5.32 Å². The summed E-state index contributed by atoms with van der Waals surface area (Å²) < 4.78 is 24.2. The number of fused-ring (bicyclic) bond motifs is 5. The molecular formula is C46H59NO11. The first kappa shape index (κ1) is 43.2. The van der Waals surface area contributed by atoms with Gasteiger partial charge in [-0.15, -0.1) is 0 Å². The van der Waals surface area contributed by atoms with E-state index in [1.807, 2.05) is 20.8 Å². The Bertz CT molecular complexity index is 1930. The normalized spacial score (nSPS) is 33.4. The van der Waals surface area contributed by atoms with Crippen molar-refractivity contribution in [3.63, 3.8) is 0 Å². The Kier molecular flexibility index (Phi) is 12.2. The molecule has 2 unspecified atom stereocenters. The summed E-state index contributed by atoms with van der Waals surface area (Å²) in [7, 11) is 0. The zero-order chi connectivity index (χ0) is 42.4. The summed E-state index contributed by atoms with van der Waals surface area (Å²) in [5.74, 6) is -4.69. The standard InChI is InChI=1S/C46H59NO11/c1-9-10-13-22-34(50)58-38(36(29-18-14-11-15-19-29)47-41(52)30-20-16-12-17-21-30)42(53)57-31-24-46(54)27(3)39-44(7)25-55-33(44)23-32(49)45(39,8)40(51)37(56-28(4)48)35(26(31)2)43(46,5)6/h11-12,14-21,27,31-33,36-39,49,54H,9-10,13,22-25H2,1-8H3,(H,47,52)/t27?,31-,32-,33+,36-,37+,38+,39?,44+,45+,46+/m0/s1. The van der Waals surface area contributed by atoms with Gasteiger partial charge in [-0.2, -0.15) is 0 Å². The number of aliphatic hydroxyl groups excluding tert-OH is 1. The fourth-order valence-electron chi connectivity index (χ4n) is 10.8. The summed E-state index contributed by atoms with van der Waals surface area (Å²) in [5.41, 5.74) is -3.51. The van der Waals surface area contributed by atoms with Crippen LogP contribution in [0.2, 0.25) is 0 Å². The topological polar surface area (TPSA) is 175 Å². The monoisotopic (exact) mass is 801 g/mol. The van der Waals surface area contributed by atoms with Crippen LogP contribution in [0, 0.1) is 28.1 Å². The van der Waals surface area contributed by atoms with E-state index >= 15 is 4.79 Å². The lowest BCUT2D eigenvalue weighted by atomic mass is 9.40. The van der Waals surface area contributed by atoms with E-state index in [1.165, 1.54) is 6.92 Å². The molecule has 2 aromatic carbocycles. The van der Waals surface area contributed by atoms with E-state index in [0.717, 1.165) is 12.8 Å². The van der Waals surface area contributed by atoms with Gasteiger partial charge in [-0.1, -0.05) is 96.0 Å². The number of ketones is 1. The Balaban J connectivity index is 1.46. The molecule has 2 saturated carbocycles. The lowest BCUT2D eigenvalue weighted by Gasteiger charge is -2.68. The maximum Gasteiger partial charge on any atom is 0.350 e. The molecule has 314 valence electrons. The van der Waals surface area contributed by atoms with Crippen molar-refractivity contribution in [1.29, 1.82) is 0 Å².